The fourth-order valence-corrected chi connectivity index (χ4v) is 1.44. The molecule has 0 unspecified atom stereocenters. The molecular formula is C7H9F2N3. The molecule has 0 atom stereocenters. The molecule has 0 aromatic carbocycles. The largest absolute Gasteiger partial charge is 0.331 e. The van der Waals surface area contributed by atoms with Crippen LogP contribution >= 0.6 is 0 Å². The lowest BCUT2D eigenvalue weighted by atomic mass is 10.2. The Balaban J connectivity index is 2.43. The molecule has 66 valence electrons. The Kier molecular flexibility index (Phi) is 1.59. The molecule has 0 amide bonds. The number of hydrogen-bond donors (Lipinski definition) is 0. The highest BCUT2D eigenvalue weighted by molar-refractivity contribution is 4.92. The van der Waals surface area contributed by atoms with Crippen molar-refractivity contribution >= 4 is 0 Å². The molecular weight excluding hydrogens is 164 g/mol. The lowest BCUT2D eigenvalue weighted by molar-refractivity contribution is -0.0889. The molecule has 0 aliphatic carbocycles. The van der Waals surface area contributed by atoms with Crippen molar-refractivity contribution in [2.45, 2.75) is 31.7 Å². The van der Waals surface area contributed by atoms with Crippen LogP contribution in [0.1, 0.15) is 25.1 Å². The summed E-state index contributed by atoms with van der Waals surface area (Å²) in [5.74, 6) is 0.400. The summed E-state index contributed by atoms with van der Waals surface area (Å²) >= 11 is 0. The predicted octanol–water partition coefficient (Wildman–Crippen LogP) is 1.55. The standard InChI is InChI=1S/C7H9F2N3/c8-7(9)4-2-1-3-6-11-10-5-12(6)7/h5H,1-4H2. The van der Waals surface area contributed by atoms with Crippen LogP contribution in [0.5, 0.6) is 0 Å². The summed E-state index contributed by atoms with van der Waals surface area (Å²) in [7, 11) is 0. The van der Waals surface area contributed by atoms with Gasteiger partial charge in [0.05, 0.1) is 0 Å². The summed E-state index contributed by atoms with van der Waals surface area (Å²) in [6.07, 6.45) is 2.94. The van der Waals surface area contributed by atoms with Gasteiger partial charge < -0.3 is 0 Å². The van der Waals surface area contributed by atoms with E-state index in [1.807, 2.05) is 0 Å². The molecule has 1 aromatic heterocycles. The zero-order chi connectivity index (χ0) is 8.60. The van der Waals surface area contributed by atoms with Gasteiger partial charge in [-0.1, -0.05) is 0 Å². The number of fused-ring (bicyclic) bond motifs is 1. The third-order valence-corrected chi connectivity index (χ3v) is 2.10. The van der Waals surface area contributed by atoms with Crippen molar-refractivity contribution in [3.8, 4) is 0 Å². The van der Waals surface area contributed by atoms with E-state index in [1.165, 1.54) is 0 Å². The highest BCUT2D eigenvalue weighted by Gasteiger charge is 2.34. The first-order chi connectivity index (χ1) is 5.70. The fraction of sp³-hybridized carbons (Fsp3) is 0.714. The second kappa shape index (κ2) is 2.50. The minimum absolute atomic E-state index is 0.0992. The van der Waals surface area contributed by atoms with Gasteiger partial charge in [-0.15, -0.1) is 10.2 Å². The summed E-state index contributed by atoms with van der Waals surface area (Å²) in [6, 6.07) is -2.78. The van der Waals surface area contributed by atoms with Gasteiger partial charge in [-0.25, -0.2) is 0 Å². The van der Waals surface area contributed by atoms with Crippen LogP contribution in [-0.4, -0.2) is 14.8 Å². The number of aromatic nitrogens is 3. The number of nitrogens with zero attached hydrogens (tertiary/aromatic N) is 3. The number of halogens is 2. The average molecular weight is 173 g/mol. The van der Waals surface area contributed by atoms with Crippen LogP contribution in [0.3, 0.4) is 0 Å². The Morgan fingerprint density at radius 2 is 2.25 bits per heavy atom. The number of hydrogen-bond acceptors (Lipinski definition) is 2. The zero-order valence-electron chi connectivity index (χ0n) is 6.50. The monoisotopic (exact) mass is 173 g/mol. The Bertz CT molecular complexity index is 282. The Labute approximate surface area is 68.4 Å². The third kappa shape index (κ3) is 1.09. The van der Waals surface area contributed by atoms with Gasteiger partial charge in [0, 0.05) is 12.8 Å². The SMILES string of the molecule is FC1(F)CCCCc2nncn21. The van der Waals surface area contributed by atoms with Crippen LogP contribution in [0.4, 0.5) is 8.78 Å². The molecule has 0 saturated carbocycles. The molecule has 2 rings (SSSR count). The summed E-state index contributed by atoms with van der Waals surface area (Å²) in [5, 5.41) is 7.12. The van der Waals surface area contributed by atoms with Crippen LogP contribution in [0.15, 0.2) is 6.33 Å². The quantitative estimate of drug-likeness (QED) is 0.596. The molecule has 0 bridgehead atoms. The molecule has 0 saturated heterocycles. The van der Waals surface area contributed by atoms with Crippen molar-refractivity contribution < 1.29 is 8.78 Å². The van der Waals surface area contributed by atoms with Crippen LogP contribution in [0, 0.1) is 0 Å². The van der Waals surface area contributed by atoms with E-state index in [2.05, 4.69) is 10.2 Å². The molecule has 0 N–H and O–H groups in total. The van der Waals surface area contributed by atoms with Crippen molar-refractivity contribution in [3.05, 3.63) is 12.2 Å². The maximum atomic E-state index is 13.2. The minimum Gasteiger partial charge on any atom is -0.256 e. The first-order valence-electron chi connectivity index (χ1n) is 3.97. The molecule has 12 heavy (non-hydrogen) atoms. The third-order valence-electron chi connectivity index (χ3n) is 2.10. The van der Waals surface area contributed by atoms with Gasteiger partial charge in [-0.05, 0) is 12.8 Å². The van der Waals surface area contributed by atoms with Gasteiger partial charge >= 0.3 is 6.05 Å². The van der Waals surface area contributed by atoms with Gasteiger partial charge in [0.2, 0.25) is 0 Å². The van der Waals surface area contributed by atoms with Crippen LogP contribution in [-0.2, 0) is 12.5 Å². The lowest BCUT2D eigenvalue weighted by Crippen LogP contribution is -2.22. The molecule has 0 radical (unpaired) electrons. The maximum Gasteiger partial charge on any atom is 0.331 e. The number of aryl methyl sites for hydroxylation is 1. The van der Waals surface area contributed by atoms with Crippen LogP contribution in [0.25, 0.3) is 0 Å². The van der Waals surface area contributed by atoms with E-state index >= 15 is 0 Å². The van der Waals surface area contributed by atoms with Gasteiger partial charge in [-0.2, -0.15) is 8.78 Å². The highest BCUT2D eigenvalue weighted by Crippen LogP contribution is 2.31. The van der Waals surface area contributed by atoms with Crippen molar-refractivity contribution in [3.63, 3.8) is 0 Å². The van der Waals surface area contributed by atoms with Gasteiger partial charge in [0.1, 0.15) is 12.2 Å². The van der Waals surface area contributed by atoms with Crippen LogP contribution < -0.4 is 0 Å². The predicted molar refractivity (Wildman–Crippen MR) is 37.8 cm³/mol. The number of alkyl halides is 2. The summed E-state index contributed by atoms with van der Waals surface area (Å²) in [4.78, 5) is 0. The summed E-state index contributed by atoms with van der Waals surface area (Å²) in [6.45, 7) is 0. The van der Waals surface area contributed by atoms with Gasteiger partial charge in [0.15, 0.2) is 0 Å². The molecule has 1 aliphatic rings. The summed E-state index contributed by atoms with van der Waals surface area (Å²) in [5.41, 5.74) is 0. The van der Waals surface area contributed by atoms with Gasteiger partial charge in [0.25, 0.3) is 0 Å². The first-order valence-corrected chi connectivity index (χ1v) is 3.97. The zero-order valence-corrected chi connectivity index (χ0v) is 6.50. The van der Waals surface area contributed by atoms with Crippen LogP contribution in [0.2, 0.25) is 0 Å². The van der Waals surface area contributed by atoms with E-state index in [9.17, 15) is 8.78 Å². The molecule has 0 spiro atoms. The average Bonchev–Trinajstić information content (AvgIpc) is 2.42. The van der Waals surface area contributed by atoms with Crippen molar-refractivity contribution in [2.24, 2.45) is 0 Å². The topological polar surface area (TPSA) is 30.7 Å². The second-order valence-electron chi connectivity index (χ2n) is 2.99. The molecule has 2 heterocycles. The van der Waals surface area contributed by atoms with E-state index in [-0.39, 0.29) is 6.42 Å². The van der Waals surface area contributed by atoms with E-state index in [0.29, 0.717) is 18.7 Å². The summed E-state index contributed by atoms with van der Waals surface area (Å²) < 4.78 is 27.2. The van der Waals surface area contributed by atoms with Gasteiger partial charge in [-0.3, -0.25) is 4.57 Å². The fourth-order valence-electron chi connectivity index (χ4n) is 1.44. The maximum absolute atomic E-state index is 13.2. The molecule has 5 heteroatoms. The first kappa shape index (κ1) is 7.64. The van der Waals surface area contributed by atoms with E-state index < -0.39 is 6.05 Å². The molecule has 0 fully saturated rings. The van der Waals surface area contributed by atoms with Crippen molar-refractivity contribution in [2.75, 3.05) is 0 Å². The smallest absolute Gasteiger partial charge is 0.256 e. The molecule has 3 nitrogen and oxygen atoms in total. The molecule has 1 aliphatic heterocycles. The minimum atomic E-state index is -2.78. The molecule has 1 aromatic rings. The second-order valence-corrected chi connectivity index (χ2v) is 2.99. The highest BCUT2D eigenvalue weighted by atomic mass is 19.3. The van der Waals surface area contributed by atoms with E-state index in [4.69, 9.17) is 0 Å². The Hall–Kier alpha value is -1.00. The normalized spacial score (nSPS) is 21.5. The number of rotatable bonds is 0. The van der Waals surface area contributed by atoms with Crippen molar-refractivity contribution in [1.82, 2.24) is 14.8 Å². The van der Waals surface area contributed by atoms with Crippen molar-refractivity contribution in [1.29, 1.82) is 0 Å². The Morgan fingerprint density at radius 1 is 1.42 bits per heavy atom. The van der Waals surface area contributed by atoms with E-state index in [0.717, 1.165) is 17.3 Å². The Morgan fingerprint density at radius 3 is 3.08 bits per heavy atom. The lowest BCUT2D eigenvalue weighted by Gasteiger charge is -2.15. The van der Waals surface area contributed by atoms with E-state index in [1.54, 1.807) is 0 Å².